The van der Waals surface area contributed by atoms with Crippen LogP contribution < -0.4 is 5.32 Å². The molecule has 0 aliphatic rings. The summed E-state index contributed by atoms with van der Waals surface area (Å²) in [6.45, 7) is 2.09. The second-order valence-electron chi connectivity index (χ2n) is 4.79. The number of aliphatic hydroxyl groups excluding tert-OH is 2. The molecule has 0 aliphatic carbocycles. The number of hydrogen-bond acceptors (Lipinski definition) is 5. The highest BCUT2D eigenvalue weighted by Crippen LogP contribution is 2.19. The van der Waals surface area contributed by atoms with Crippen molar-refractivity contribution in [3.63, 3.8) is 0 Å². The second kappa shape index (κ2) is 6.60. The van der Waals surface area contributed by atoms with Gasteiger partial charge in [0.2, 0.25) is 0 Å². The maximum atomic E-state index is 9.43. The molecule has 0 atom stereocenters. The van der Waals surface area contributed by atoms with E-state index in [2.05, 4.69) is 20.7 Å². The minimum atomic E-state index is -0.688. The van der Waals surface area contributed by atoms with E-state index in [-0.39, 0.29) is 13.2 Å². The van der Waals surface area contributed by atoms with E-state index in [1.54, 1.807) is 0 Å². The molecule has 0 radical (unpaired) electrons. The molecule has 20 heavy (non-hydrogen) atoms. The molecule has 108 valence electrons. The van der Waals surface area contributed by atoms with Crippen molar-refractivity contribution in [3.8, 4) is 11.3 Å². The van der Waals surface area contributed by atoms with Crippen LogP contribution in [0.15, 0.2) is 30.3 Å². The third kappa shape index (κ3) is 3.04. The Morgan fingerprint density at radius 1 is 1.15 bits per heavy atom. The lowest BCUT2D eigenvalue weighted by atomic mass is 9.98. The molecule has 0 unspecified atom stereocenters. The van der Waals surface area contributed by atoms with Crippen molar-refractivity contribution in [2.45, 2.75) is 25.4 Å². The fourth-order valence-electron chi connectivity index (χ4n) is 1.98. The van der Waals surface area contributed by atoms with E-state index < -0.39 is 5.54 Å². The summed E-state index contributed by atoms with van der Waals surface area (Å²) < 4.78 is 0. The van der Waals surface area contributed by atoms with Gasteiger partial charge in [0.15, 0.2) is 0 Å². The summed E-state index contributed by atoms with van der Waals surface area (Å²) >= 11 is 0. The summed E-state index contributed by atoms with van der Waals surface area (Å²) in [5.74, 6) is 0. The van der Waals surface area contributed by atoms with Crippen LogP contribution in [0.3, 0.4) is 0 Å². The normalized spacial score (nSPS) is 11.8. The lowest BCUT2D eigenvalue weighted by molar-refractivity contribution is 0.0861. The summed E-state index contributed by atoms with van der Waals surface area (Å²) in [5.41, 5.74) is 1.83. The van der Waals surface area contributed by atoms with E-state index >= 15 is 0 Å². The Bertz CT molecular complexity index is 515. The molecular formula is C14H20N4O2. The molecule has 1 heterocycles. The van der Waals surface area contributed by atoms with Crippen LogP contribution in [0, 0.1) is 0 Å². The number of nitrogens with one attached hydrogen (secondary N) is 2. The largest absolute Gasteiger partial charge is 0.394 e. The van der Waals surface area contributed by atoms with Gasteiger partial charge < -0.3 is 15.5 Å². The standard InChI is InChI=1S/C14H20N4O2/c1-2-14(9-19,10-20)15-8-12-13(17-18-16-12)11-6-4-3-5-7-11/h3-7,15,19-20H,2,8-10H2,1H3,(H,16,17,18). The lowest BCUT2D eigenvalue weighted by Gasteiger charge is -2.29. The van der Waals surface area contributed by atoms with E-state index in [1.165, 1.54) is 0 Å². The fraction of sp³-hybridized carbons (Fsp3) is 0.429. The minimum absolute atomic E-state index is 0.126. The van der Waals surface area contributed by atoms with Crippen LogP contribution in [-0.2, 0) is 6.54 Å². The number of benzene rings is 1. The Kier molecular flexibility index (Phi) is 4.84. The predicted octanol–water partition coefficient (Wildman–Crippen LogP) is 0.695. The second-order valence-corrected chi connectivity index (χ2v) is 4.79. The van der Waals surface area contributed by atoms with Gasteiger partial charge in [0.25, 0.3) is 0 Å². The van der Waals surface area contributed by atoms with Gasteiger partial charge >= 0.3 is 0 Å². The first-order valence-electron chi connectivity index (χ1n) is 6.66. The molecule has 6 heteroatoms. The van der Waals surface area contributed by atoms with E-state index in [4.69, 9.17) is 0 Å². The first-order valence-corrected chi connectivity index (χ1v) is 6.66. The summed E-state index contributed by atoms with van der Waals surface area (Å²) in [5, 5.41) is 32.9. The quantitative estimate of drug-likeness (QED) is 0.597. The summed E-state index contributed by atoms with van der Waals surface area (Å²) in [7, 11) is 0. The Hall–Kier alpha value is -1.76. The molecule has 0 aliphatic heterocycles. The van der Waals surface area contributed by atoms with Crippen molar-refractivity contribution in [1.82, 2.24) is 20.7 Å². The van der Waals surface area contributed by atoms with Gasteiger partial charge in [0.05, 0.1) is 18.8 Å². The molecule has 0 saturated heterocycles. The topological polar surface area (TPSA) is 94.1 Å². The number of hydrogen-bond donors (Lipinski definition) is 4. The van der Waals surface area contributed by atoms with Crippen molar-refractivity contribution in [1.29, 1.82) is 0 Å². The SMILES string of the molecule is CCC(CO)(CO)NCc1n[nH]nc1-c1ccccc1. The molecule has 0 saturated carbocycles. The molecule has 0 spiro atoms. The highest BCUT2D eigenvalue weighted by molar-refractivity contribution is 5.60. The number of nitrogens with zero attached hydrogens (tertiary/aromatic N) is 2. The van der Waals surface area contributed by atoms with Crippen molar-refractivity contribution < 1.29 is 10.2 Å². The van der Waals surface area contributed by atoms with Crippen molar-refractivity contribution >= 4 is 0 Å². The van der Waals surface area contributed by atoms with Crippen LogP contribution in [0.25, 0.3) is 11.3 Å². The van der Waals surface area contributed by atoms with Crippen LogP contribution in [0.2, 0.25) is 0 Å². The van der Waals surface area contributed by atoms with Gasteiger partial charge in [-0.25, -0.2) is 0 Å². The van der Waals surface area contributed by atoms with E-state index in [9.17, 15) is 10.2 Å². The fourth-order valence-corrected chi connectivity index (χ4v) is 1.98. The summed E-state index contributed by atoms with van der Waals surface area (Å²) in [6, 6.07) is 9.76. The zero-order chi connectivity index (χ0) is 14.4. The Morgan fingerprint density at radius 2 is 1.85 bits per heavy atom. The predicted molar refractivity (Wildman–Crippen MR) is 75.9 cm³/mol. The van der Waals surface area contributed by atoms with Gasteiger partial charge in [-0.15, -0.1) is 0 Å². The maximum absolute atomic E-state index is 9.43. The van der Waals surface area contributed by atoms with Gasteiger partial charge in [-0.05, 0) is 6.42 Å². The summed E-state index contributed by atoms with van der Waals surface area (Å²) in [4.78, 5) is 0. The lowest BCUT2D eigenvalue weighted by Crippen LogP contribution is -2.50. The van der Waals surface area contributed by atoms with Crippen molar-refractivity contribution in [2.75, 3.05) is 13.2 Å². The van der Waals surface area contributed by atoms with Crippen LogP contribution >= 0.6 is 0 Å². The number of H-pyrrole nitrogens is 1. The number of aliphatic hydroxyl groups is 2. The molecule has 1 aromatic heterocycles. The van der Waals surface area contributed by atoms with E-state index in [1.807, 2.05) is 37.3 Å². The highest BCUT2D eigenvalue weighted by atomic mass is 16.3. The van der Waals surface area contributed by atoms with Gasteiger partial charge in [0, 0.05) is 12.1 Å². The summed E-state index contributed by atoms with van der Waals surface area (Å²) in [6.07, 6.45) is 0.624. The maximum Gasteiger partial charge on any atom is 0.117 e. The molecule has 2 rings (SSSR count). The molecule has 4 N–H and O–H groups in total. The first kappa shape index (κ1) is 14.6. The molecule has 0 fully saturated rings. The van der Waals surface area contributed by atoms with Crippen molar-refractivity contribution in [2.24, 2.45) is 0 Å². The first-order chi connectivity index (χ1) is 9.74. The highest BCUT2D eigenvalue weighted by Gasteiger charge is 2.26. The molecular weight excluding hydrogens is 256 g/mol. The Morgan fingerprint density at radius 3 is 2.45 bits per heavy atom. The van der Waals surface area contributed by atoms with E-state index in [0.717, 1.165) is 17.0 Å². The monoisotopic (exact) mass is 276 g/mol. The van der Waals surface area contributed by atoms with Gasteiger partial charge in [-0.2, -0.15) is 15.4 Å². The molecule has 6 nitrogen and oxygen atoms in total. The minimum Gasteiger partial charge on any atom is -0.394 e. The van der Waals surface area contributed by atoms with E-state index in [0.29, 0.717) is 13.0 Å². The molecule has 0 bridgehead atoms. The third-order valence-electron chi connectivity index (χ3n) is 3.58. The van der Waals surface area contributed by atoms with Gasteiger partial charge in [0.1, 0.15) is 11.4 Å². The van der Waals surface area contributed by atoms with Crippen molar-refractivity contribution in [3.05, 3.63) is 36.0 Å². The van der Waals surface area contributed by atoms with Crippen LogP contribution in [0.4, 0.5) is 0 Å². The average molecular weight is 276 g/mol. The number of rotatable bonds is 7. The van der Waals surface area contributed by atoms with Crippen LogP contribution in [-0.4, -0.2) is 44.4 Å². The molecule has 2 aromatic rings. The van der Waals surface area contributed by atoms with Gasteiger partial charge in [-0.1, -0.05) is 37.3 Å². The van der Waals surface area contributed by atoms with Gasteiger partial charge in [-0.3, -0.25) is 0 Å². The third-order valence-corrected chi connectivity index (χ3v) is 3.58. The Balaban J connectivity index is 2.14. The molecule has 0 amide bonds. The zero-order valence-corrected chi connectivity index (χ0v) is 11.5. The van der Waals surface area contributed by atoms with Crippen LogP contribution in [0.1, 0.15) is 19.0 Å². The number of aromatic nitrogens is 3. The number of aromatic amines is 1. The molecule has 1 aromatic carbocycles. The zero-order valence-electron chi connectivity index (χ0n) is 11.5. The Labute approximate surface area is 117 Å². The average Bonchev–Trinajstić information content (AvgIpc) is 2.99. The van der Waals surface area contributed by atoms with Crippen LogP contribution in [0.5, 0.6) is 0 Å². The smallest absolute Gasteiger partial charge is 0.117 e.